The number of hydrogen-bond donors (Lipinski definition) is 4. The lowest BCUT2D eigenvalue weighted by molar-refractivity contribution is -0.142. The van der Waals surface area contributed by atoms with Gasteiger partial charge >= 0.3 is 5.97 Å². The first-order valence-corrected chi connectivity index (χ1v) is 7.23. The molecule has 1 aromatic carbocycles. The van der Waals surface area contributed by atoms with E-state index >= 15 is 0 Å². The van der Waals surface area contributed by atoms with Crippen molar-refractivity contribution in [3.05, 3.63) is 60.8 Å². The van der Waals surface area contributed by atoms with Gasteiger partial charge in [0.2, 0.25) is 0 Å². The summed E-state index contributed by atoms with van der Waals surface area (Å²) in [6, 6.07) is 6.47. The fourth-order valence-corrected chi connectivity index (χ4v) is 1.76. The second kappa shape index (κ2) is 9.98. The molecule has 0 aliphatic carbocycles. The van der Waals surface area contributed by atoms with Crippen LogP contribution in [0.3, 0.4) is 0 Å². The summed E-state index contributed by atoms with van der Waals surface area (Å²) in [4.78, 5) is 16.6. The molecule has 0 heterocycles. The fraction of sp³-hybridized carbons (Fsp3) is 0.176. The van der Waals surface area contributed by atoms with Gasteiger partial charge in [0.1, 0.15) is 6.04 Å². The van der Waals surface area contributed by atoms with Crippen LogP contribution in [-0.2, 0) is 4.79 Å². The molecule has 5 N–H and O–H groups in total. The van der Waals surface area contributed by atoms with Gasteiger partial charge in [-0.3, -0.25) is 4.79 Å². The normalized spacial score (nSPS) is 13.3. The number of nitrogens with two attached hydrogens (primary N) is 1. The Kier molecular flexibility index (Phi) is 7.97. The summed E-state index contributed by atoms with van der Waals surface area (Å²) in [5.41, 5.74) is 9.39. The Morgan fingerprint density at radius 1 is 1.46 bits per heavy atom. The number of aliphatic carboxylic acids is 1. The summed E-state index contributed by atoms with van der Waals surface area (Å²) in [6.45, 7) is 3.55. The average Bonchev–Trinajstić information content (AvgIpc) is 2.58. The van der Waals surface area contributed by atoms with E-state index in [0.29, 0.717) is 5.96 Å². The maximum atomic E-state index is 10.8. The third kappa shape index (κ3) is 6.07. The van der Waals surface area contributed by atoms with Gasteiger partial charge in [-0.05, 0) is 30.2 Å². The van der Waals surface area contributed by atoms with Crippen LogP contribution in [-0.4, -0.2) is 35.3 Å². The molecule has 1 aromatic rings. The van der Waals surface area contributed by atoms with Crippen molar-refractivity contribution < 1.29 is 15.1 Å². The summed E-state index contributed by atoms with van der Waals surface area (Å²) in [7, 11) is 1.80. The minimum atomic E-state index is -1.11. The number of hydroxylamine groups is 1. The van der Waals surface area contributed by atoms with Gasteiger partial charge in [0.25, 0.3) is 0 Å². The number of anilines is 1. The zero-order chi connectivity index (χ0) is 17.9. The van der Waals surface area contributed by atoms with Crippen LogP contribution in [0.1, 0.15) is 12.0 Å². The van der Waals surface area contributed by atoms with Crippen molar-refractivity contribution in [3.63, 3.8) is 0 Å². The van der Waals surface area contributed by atoms with Crippen molar-refractivity contribution >= 4 is 23.7 Å². The van der Waals surface area contributed by atoms with E-state index in [4.69, 9.17) is 16.0 Å². The van der Waals surface area contributed by atoms with Crippen LogP contribution >= 0.6 is 0 Å². The molecule has 0 radical (unpaired) electrons. The predicted octanol–water partition coefficient (Wildman–Crippen LogP) is 1.97. The van der Waals surface area contributed by atoms with Crippen molar-refractivity contribution in [2.24, 2.45) is 10.7 Å². The van der Waals surface area contributed by atoms with Gasteiger partial charge in [0.05, 0.1) is 0 Å². The maximum absolute atomic E-state index is 10.8. The van der Waals surface area contributed by atoms with Crippen molar-refractivity contribution in [2.45, 2.75) is 12.5 Å². The van der Waals surface area contributed by atoms with Crippen LogP contribution in [0.15, 0.2) is 60.3 Å². The number of rotatable bonds is 8. The number of guanidine groups is 1. The van der Waals surface area contributed by atoms with Crippen LogP contribution in [0.2, 0.25) is 0 Å². The molecular formula is C17H22N4O3. The van der Waals surface area contributed by atoms with Gasteiger partial charge in [-0.2, -0.15) is 5.48 Å². The minimum Gasteiger partial charge on any atom is -0.480 e. The SMILES string of the molecule is C=C/C=C\N=C(N)N(C)c1ccc(/C=C/CC(NO)C(=O)O)cc1. The van der Waals surface area contributed by atoms with Gasteiger partial charge in [-0.25, -0.2) is 4.99 Å². The van der Waals surface area contributed by atoms with E-state index in [0.717, 1.165) is 11.3 Å². The first-order valence-electron chi connectivity index (χ1n) is 7.23. The highest BCUT2D eigenvalue weighted by Crippen LogP contribution is 2.15. The quantitative estimate of drug-likeness (QED) is 0.251. The van der Waals surface area contributed by atoms with E-state index in [-0.39, 0.29) is 6.42 Å². The van der Waals surface area contributed by atoms with Crippen molar-refractivity contribution in [2.75, 3.05) is 11.9 Å². The Labute approximate surface area is 141 Å². The third-order valence-corrected chi connectivity index (χ3v) is 3.19. The Morgan fingerprint density at radius 2 is 2.12 bits per heavy atom. The second-order valence-corrected chi connectivity index (χ2v) is 4.87. The number of benzene rings is 1. The molecule has 1 rings (SSSR count). The van der Waals surface area contributed by atoms with Gasteiger partial charge in [0.15, 0.2) is 5.96 Å². The molecule has 24 heavy (non-hydrogen) atoms. The molecule has 1 atom stereocenters. The van der Waals surface area contributed by atoms with E-state index < -0.39 is 12.0 Å². The van der Waals surface area contributed by atoms with Gasteiger partial charge in [-0.15, -0.1) is 0 Å². The Morgan fingerprint density at radius 3 is 2.67 bits per heavy atom. The summed E-state index contributed by atoms with van der Waals surface area (Å²) in [6.07, 6.45) is 8.48. The summed E-state index contributed by atoms with van der Waals surface area (Å²) in [5, 5.41) is 17.5. The smallest absolute Gasteiger partial charge is 0.323 e. The van der Waals surface area contributed by atoms with E-state index in [1.807, 2.05) is 24.3 Å². The average molecular weight is 330 g/mol. The van der Waals surface area contributed by atoms with Crippen molar-refractivity contribution in [3.8, 4) is 0 Å². The number of nitrogens with one attached hydrogen (secondary N) is 1. The second-order valence-electron chi connectivity index (χ2n) is 4.87. The molecule has 0 amide bonds. The Bertz CT molecular complexity index is 636. The minimum absolute atomic E-state index is 0.169. The van der Waals surface area contributed by atoms with Crippen molar-refractivity contribution in [1.29, 1.82) is 0 Å². The van der Waals surface area contributed by atoms with Gasteiger partial charge in [0, 0.05) is 18.9 Å². The highest BCUT2D eigenvalue weighted by molar-refractivity contribution is 5.94. The molecular weight excluding hydrogens is 308 g/mol. The number of aliphatic imine (C=N–C) groups is 1. The van der Waals surface area contributed by atoms with E-state index in [2.05, 4.69) is 11.6 Å². The topological polar surface area (TPSA) is 111 Å². The monoisotopic (exact) mass is 330 g/mol. The van der Waals surface area contributed by atoms with E-state index in [1.165, 1.54) is 0 Å². The highest BCUT2D eigenvalue weighted by Gasteiger charge is 2.13. The fourth-order valence-electron chi connectivity index (χ4n) is 1.76. The first-order chi connectivity index (χ1) is 11.5. The molecule has 128 valence electrons. The number of carboxylic acid groups (broad SMARTS) is 1. The lowest BCUT2D eigenvalue weighted by atomic mass is 10.1. The zero-order valence-corrected chi connectivity index (χ0v) is 13.5. The highest BCUT2D eigenvalue weighted by atomic mass is 16.5. The van der Waals surface area contributed by atoms with Crippen LogP contribution in [0.4, 0.5) is 5.69 Å². The number of carbonyl (C=O) groups is 1. The summed E-state index contributed by atoms with van der Waals surface area (Å²) in [5.74, 6) is -0.769. The number of allylic oxidation sites excluding steroid dienone is 2. The largest absolute Gasteiger partial charge is 0.480 e. The van der Waals surface area contributed by atoms with Gasteiger partial charge < -0.3 is 20.9 Å². The Balaban J connectivity index is 2.71. The van der Waals surface area contributed by atoms with E-state index in [1.54, 1.807) is 47.9 Å². The molecule has 0 bridgehead atoms. The molecule has 0 aliphatic heterocycles. The third-order valence-electron chi connectivity index (χ3n) is 3.19. The molecule has 0 fully saturated rings. The molecule has 0 saturated carbocycles. The number of carboxylic acids is 1. The van der Waals surface area contributed by atoms with Crippen molar-refractivity contribution in [1.82, 2.24) is 5.48 Å². The molecule has 7 nitrogen and oxygen atoms in total. The lowest BCUT2D eigenvalue weighted by Gasteiger charge is -2.17. The molecule has 0 saturated heterocycles. The van der Waals surface area contributed by atoms with Crippen LogP contribution in [0.5, 0.6) is 0 Å². The maximum Gasteiger partial charge on any atom is 0.323 e. The number of hydrogen-bond acceptors (Lipinski definition) is 4. The Hall–Kier alpha value is -2.90. The van der Waals surface area contributed by atoms with Gasteiger partial charge in [-0.1, -0.05) is 36.9 Å². The lowest BCUT2D eigenvalue weighted by Crippen LogP contribution is -2.33. The van der Waals surface area contributed by atoms with Crippen LogP contribution in [0, 0.1) is 0 Å². The van der Waals surface area contributed by atoms with Crippen LogP contribution in [0.25, 0.3) is 6.08 Å². The van der Waals surface area contributed by atoms with E-state index in [9.17, 15) is 4.79 Å². The molecule has 0 aromatic heterocycles. The molecule has 0 aliphatic rings. The summed E-state index contributed by atoms with van der Waals surface area (Å²) < 4.78 is 0. The number of nitrogens with zero attached hydrogens (tertiary/aromatic N) is 2. The molecule has 7 heteroatoms. The van der Waals surface area contributed by atoms with Crippen LogP contribution < -0.4 is 16.1 Å². The summed E-state index contributed by atoms with van der Waals surface area (Å²) >= 11 is 0. The zero-order valence-electron chi connectivity index (χ0n) is 13.5. The molecule has 1 unspecified atom stereocenters. The standard InChI is InChI=1S/C17H22N4O3/c1-3-4-12-19-17(18)21(2)14-10-8-13(9-11-14)6-5-7-15(20-24)16(22)23/h3-6,8-12,15,20,24H,1,7H2,2H3,(H2,18,19)(H,22,23)/b6-5+,12-4-. The predicted molar refractivity (Wildman–Crippen MR) is 95.8 cm³/mol. The first kappa shape index (κ1) is 19.1. The molecule has 0 spiro atoms.